The Morgan fingerprint density at radius 1 is 1.07 bits per heavy atom. The first-order valence-electron chi connectivity index (χ1n) is 10.3. The van der Waals surface area contributed by atoms with Crippen LogP contribution in [0.4, 0.5) is 0 Å². The molecule has 2 rings (SSSR count). The number of likely N-dealkylation sites (tertiary alicyclic amines) is 1. The summed E-state index contributed by atoms with van der Waals surface area (Å²) in [5.41, 5.74) is -0.345. The quantitative estimate of drug-likeness (QED) is 0.258. The third kappa shape index (κ3) is 8.54. The SMILES string of the molecule is CN=C(NCCNC(=O)C(C)(C)C)N1CCC(OCC2CCCC2)CC1.I. The van der Waals surface area contributed by atoms with Crippen LogP contribution < -0.4 is 10.6 Å². The Bertz CT molecular complexity index is 465. The lowest BCUT2D eigenvalue weighted by Gasteiger charge is -2.34. The molecular formula is C20H39IN4O2. The zero-order valence-electron chi connectivity index (χ0n) is 17.6. The zero-order valence-corrected chi connectivity index (χ0v) is 19.9. The van der Waals surface area contributed by atoms with Gasteiger partial charge in [-0.05, 0) is 31.6 Å². The fourth-order valence-corrected chi connectivity index (χ4v) is 3.63. The van der Waals surface area contributed by atoms with Gasteiger partial charge in [-0.25, -0.2) is 0 Å². The van der Waals surface area contributed by atoms with E-state index in [9.17, 15) is 4.79 Å². The predicted molar refractivity (Wildman–Crippen MR) is 122 cm³/mol. The maximum absolute atomic E-state index is 11.9. The van der Waals surface area contributed by atoms with Crippen LogP contribution in [-0.4, -0.2) is 62.7 Å². The number of carbonyl (C=O) groups excluding carboxylic acids is 1. The molecule has 1 saturated heterocycles. The van der Waals surface area contributed by atoms with Crippen molar-refractivity contribution in [1.82, 2.24) is 15.5 Å². The molecule has 6 nitrogen and oxygen atoms in total. The summed E-state index contributed by atoms with van der Waals surface area (Å²) in [5, 5.41) is 6.32. The summed E-state index contributed by atoms with van der Waals surface area (Å²) in [5.74, 6) is 1.80. The van der Waals surface area contributed by atoms with E-state index >= 15 is 0 Å². The molecule has 0 atom stereocenters. The lowest BCUT2D eigenvalue weighted by Crippen LogP contribution is -2.49. The van der Waals surface area contributed by atoms with E-state index in [-0.39, 0.29) is 35.3 Å². The number of amides is 1. The van der Waals surface area contributed by atoms with E-state index in [1.807, 2.05) is 27.8 Å². The molecule has 158 valence electrons. The van der Waals surface area contributed by atoms with Crippen molar-refractivity contribution in [2.75, 3.05) is 39.8 Å². The Balaban J connectivity index is 0.00000364. The molecule has 1 heterocycles. The Labute approximate surface area is 182 Å². The molecule has 1 aliphatic carbocycles. The van der Waals surface area contributed by atoms with Crippen LogP contribution in [0.2, 0.25) is 0 Å². The van der Waals surface area contributed by atoms with Crippen LogP contribution in [0.5, 0.6) is 0 Å². The number of carbonyl (C=O) groups is 1. The lowest BCUT2D eigenvalue weighted by atomic mass is 9.96. The van der Waals surface area contributed by atoms with E-state index in [1.165, 1.54) is 25.7 Å². The summed E-state index contributed by atoms with van der Waals surface area (Å²) in [6.07, 6.45) is 7.98. The van der Waals surface area contributed by atoms with E-state index in [2.05, 4.69) is 20.5 Å². The maximum Gasteiger partial charge on any atom is 0.225 e. The summed E-state index contributed by atoms with van der Waals surface area (Å²) < 4.78 is 6.15. The fraction of sp³-hybridized carbons (Fsp3) is 0.900. The van der Waals surface area contributed by atoms with Crippen molar-refractivity contribution >= 4 is 35.8 Å². The number of piperidine rings is 1. The van der Waals surface area contributed by atoms with Gasteiger partial charge >= 0.3 is 0 Å². The molecule has 2 N–H and O–H groups in total. The van der Waals surface area contributed by atoms with Gasteiger partial charge in [0.2, 0.25) is 5.91 Å². The van der Waals surface area contributed by atoms with Crippen LogP contribution in [-0.2, 0) is 9.53 Å². The number of guanidine groups is 1. The highest BCUT2D eigenvalue weighted by molar-refractivity contribution is 14.0. The minimum Gasteiger partial charge on any atom is -0.378 e. The van der Waals surface area contributed by atoms with Crippen LogP contribution in [0.1, 0.15) is 59.3 Å². The van der Waals surface area contributed by atoms with Crippen LogP contribution >= 0.6 is 24.0 Å². The van der Waals surface area contributed by atoms with Gasteiger partial charge in [-0.3, -0.25) is 9.79 Å². The number of nitrogens with zero attached hydrogens (tertiary/aromatic N) is 2. The molecule has 0 spiro atoms. The van der Waals surface area contributed by atoms with Crippen LogP contribution in [0.25, 0.3) is 0 Å². The summed E-state index contributed by atoms with van der Waals surface area (Å²) in [6.45, 7) is 9.97. The summed E-state index contributed by atoms with van der Waals surface area (Å²) in [7, 11) is 1.82. The van der Waals surface area contributed by atoms with Crippen LogP contribution in [0.3, 0.4) is 0 Å². The molecule has 0 aromatic carbocycles. The highest BCUT2D eigenvalue weighted by atomic mass is 127. The van der Waals surface area contributed by atoms with Gasteiger partial charge in [-0.1, -0.05) is 33.6 Å². The first-order chi connectivity index (χ1) is 12.4. The predicted octanol–water partition coefficient (Wildman–Crippen LogP) is 3.01. The molecule has 27 heavy (non-hydrogen) atoms. The maximum atomic E-state index is 11.9. The molecule has 0 unspecified atom stereocenters. The van der Waals surface area contributed by atoms with E-state index in [0.29, 0.717) is 19.2 Å². The minimum atomic E-state index is -0.345. The number of hydrogen-bond acceptors (Lipinski definition) is 3. The molecule has 2 fully saturated rings. The lowest BCUT2D eigenvalue weighted by molar-refractivity contribution is -0.128. The van der Waals surface area contributed by atoms with Crippen LogP contribution in [0, 0.1) is 11.3 Å². The number of aliphatic imine (C=N–C) groups is 1. The largest absolute Gasteiger partial charge is 0.378 e. The van der Waals surface area contributed by atoms with Crippen molar-refractivity contribution in [3.63, 3.8) is 0 Å². The topological polar surface area (TPSA) is 66.0 Å². The van der Waals surface area contributed by atoms with Crippen molar-refractivity contribution in [1.29, 1.82) is 0 Å². The molecule has 0 aromatic rings. The van der Waals surface area contributed by atoms with Gasteiger partial charge in [0.25, 0.3) is 0 Å². The summed E-state index contributed by atoms with van der Waals surface area (Å²) in [6, 6.07) is 0. The van der Waals surface area contributed by atoms with Gasteiger partial charge in [0.1, 0.15) is 0 Å². The second kappa shape index (κ2) is 12.1. The van der Waals surface area contributed by atoms with Crippen molar-refractivity contribution in [2.45, 2.75) is 65.4 Å². The van der Waals surface area contributed by atoms with Crippen molar-refractivity contribution in [3.05, 3.63) is 0 Å². The molecule has 1 saturated carbocycles. The van der Waals surface area contributed by atoms with Gasteiger partial charge in [0, 0.05) is 45.2 Å². The van der Waals surface area contributed by atoms with E-state index in [4.69, 9.17) is 4.74 Å². The Kier molecular flexibility index (Phi) is 11.0. The molecule has 0 radical (unpaired) electrons. The average Bonchev–Trinajstić information content (AvgIpc) is 3.13. The Morgan fingerprint density at radius 3 is 2.22 bits per heavy atom. The van der Waals surface area contributed by atoms with Gasteiger partial charge in [0.05, 0.1) is 6.10 Å². The average molecular weight is 494 g/mol. The third-order valence-electron chi connectivity index (χ3n) is 5.37. The van der Waals surface area contributed by atoms with Crippen molar-refractivity contribution in [2.24, 2.45) is 16.3 Å². The number of ether oxygens (including phenoxy) is 1. The number of halogens is 1. The molecule has 0 bridgehead atoms. The minimum absolute atomic E-state index is 0. The van der Waals surface area contributed by atoms with Crippen LogP contribution in [0.15, 0.2) is 4.99 Å². The first-order valence-corrected chi connectivity index (χ1v) is 10.3. The Morgan fingerprint density at radius 2 is 1.67 bits per heavy atom. The molecule has 1 aliphatic heterocycles. The molecule has 0 aromatic heterocycles. The highest BCUT2D eigenvalue weighted by Crippen LogP contribution is 2.26. The normalized spacial score (nSPS) is 19.7. The van der Waals surface area contributed by atoms with E-state index < -0.39 is 0 Å². The molecule has 2 aliphatic rings. The summed E-state index contributed by atoms with van der Waals surface area (Å²) >= 11 is 0. The summed E-state index contributed by atoms with van der Waals surface area (Å²) in [4.78, 5) is 18.6. The van der Waals surface area contributed by atoms with Gasteiger partial charge in [0.15, 0.2) is 5.96 Å². The second-order valence-electron chi connectivity index (χ2n) is 8.65. The van der Waals surface area contributed by atoms with Gasteiger partial charge in [-0.15, -0.1) is 24.0 Å². The number of rotatable bonds is 6. The zero-order chi connectivity index (χ0) is 19.0. The Hall–Kier alpha value is -0.570. The number of hydrogen-bond donors (Lipinski definition) is 2. The molecule has 1 amide bonds. The number of nitrogens with one attached hydrogen (secondary N) is 2. The van der Waals surface area contributed by atoms with E-state index in [1.54, 1.807) is 0 Å². The molecular weight excluding hydrogens is 455 g/mol. The van der Waals surface area contributed by atoms with Gasteiger partial charge in [-0.2, -0.15) is 0 Å². The van der Waals surface area contributed by atoms with Gasteiger partial charge < -0.3 is 20.3 Å². The highest BCUT2D eigenvalue weighted by Gasteiger charge is 2.24. The fourth-order valence-electron chi connectivity index (χ4n) is 3.63. The first kappa shape index (κ1) is 24.5. The van der Waals surface area contributed by atoms with E-state index in [0.717, 1.165) is 44.4 Å². The smallest absolute Gasteiger partial charge is 0.225 e. The third-order valence-corrected chi connectivity index (χ3v) is 5.37. The second-order valence-corrected chi connectivity index (χ2v) is 8.65. The monoisotopic (exact) mass is 494 g/mol. The van der Waals surface area contributed by atoms with Crippen molar-refractivity contribution in [3.8, 4) is 0 Å². The van der Waals surface area contributed by atoms with Crippen molar-refractivity contribution < 1.29 is 9.53 Å². The molecule has 7 heteroatoms. The standard InChI is InChI=1S/C20H38N4O2.HI/c1-20(2,3)18(25)22-11-12-23-19(21-4)24-13-9-17(10-14-24)26-15-16-7-5-6-8-16;/h16-17H,5-15H2,1-4H3,(H,21,23)(H,22,25);1H.